The van der Waals surface area contributed by atoms with Gasteiger partial charge in [0.25, 0.3) is 0 Å². The maximum Gasteiger partial charge on any atom is 0.130 e. The van der Waals surface area contributed by atoms with E-state index in [0.717, 1.165) is 52.0 Å². The highest BCUT2D eigenvalue weighted by Crippen LogP contribution is 2.29. The molecular formula is C18H17BrN2O. The Labute approximate surface area is 138 Å². The molecule has 0 fully saturated rings. The molecule has 0 spiro atoms. The highest BCUT2D eigenvalue weighted by molar-refractivity contribution is 9.10. The van der Waals surface area contributed by atoms with E-state index in [0.29, 0.717) is 0 Å². The Hall–Kier alpha value is -1.94. The number of unbranched alkanes of at least 4 members (excludes halogenated alkanes) is 1. The minimum absolute atomic E-state index is 0.731. The predicted octanol–water partition coefficient (Wildman–Crippen LogP) is 5.24. The molecule has 3 nitrogen and oxygen atoms in total. The second-order valence-electron chi connectivity index (χ2n) is 5.09. The Morgan fingerprint density at radius 2 is 2.05 bits per heavy atom. The molecule has 0 aliphatic heterocycles. The van der Waals surface area contributed by atoms with E-state index < -0.39 is 0 Å². The first kappa shape index (κ1) is 15.0. The lowest BCUT2D eigenvalue weighted by Gasteiger charge is -2.10. The van der Waals surface area contributed by atoms with Crippen LogP contribution in [-0.2, 0) is 0 Å². The summed E-state index contributed by atoms with van der Waals surface area (Å²) in [5.74, 6) is 0.885. The van der Waals surface area contributed by atoms with Gasteiger partial charge in [-0.3, -0.25) is 4.98 Å². The van der Waals surface area contributed by atoms with Gasteiger partial charge in [0.1, 0.15) is 10.4 Å². The monoisotopic (exact) mass is 356 g/mol. The van der Waals surface area contributed by atoms with Crippen LogP contribution in [0, 0.1) is 0 Å². The van der Waals surface area contributed by atoms with Crippen molar-refractivity contribution in [3.05, 3.63) is 53.3 Å². The summed E-state index contributed by atoms with van der Waals surface area (Å²) in [6.07, 6.45) is 3.97. The van der Waals surface area contributed by atoms with Crippen LogP contribution in [0.3, 0.4) is 0 Å². The summed E-state index contributed by atoms with van der Waals surface area (Å²) in [6.45, 7) is 2.89. The van der Waals surface area contributed by atoms with E-state index >= 15 is 0 Å². The molecule has 22 heavy (non-hydrogen) atoms. The molecule has 4 heteroatoms. The average molecular weight is 357 g/mol. The van der Waals surface area contributed by atoms with Gasteiger partial charge >= 0.3 is 0 Å². The maximum atomic E-state index is 5.90. The van der Waals surface area contributed by atoms with Crippen LogP contribution in [0.2, 0.25) is 0 Å². The molecule has 2 aromatic heterocycles. The lowest BCUT2D eigenvalue weighted by molar-refractivity contribution is 0.313. The number of nitrogens with zero attached hydrogens (tertiary/aromatic N) is 2. The second kappa shape index (κ2) is 6.88. The second-order valence-corrected chi connectivity index (χ2v) is 5.90. The van der Waals surface area contributed by atoms with Gasteiger partial charge in [-0.1, -0.05) is 25.5 Å². The highest BCUT2D eigenvalue weighted by Gasteiger charge is 2.07. The number of ether oxygens (including phenoxy) is 1. The summed E-state index contributed by atoms with van der Waals surface area (Å²) in [5.41, 5.74) is 2.93. The van der Waals surface area contributed by atoms with Crippen molar-refractivity contribution in [2.45, 2.75) is 19.8 Å². The standard InChI is InChI=1S/C18H17BrN2O/c1-2-3-11-22-17-9-10-20-16-8-7-13(12-14(16)17)15-5-4-6-18(19)21-15/h4-10,12H,2-3,11H2,1H3. The fraction of sp³-hybridized carbons (Fsp3) is 0.222. The van der Waals surface area contributed by atoms with Crippen molar-refractivity contribution in [1.29, 1.82) is 0 Å². The van der Waals surface area contributed by atoms with Gasteiger partial charge in [-0.25, -0.2) is 4.98 Å². The molecule has 0 unspecified atom stereocenters. The van der Waals surface area contributed by atoms with Gasteiger partial charge in [0.15, 0.2) is 0 Å². The zero-order valence-electron chi connectivity index (χ0n) is 12.4. The number of benzene rings is 1. The number of halogens is 1. The van der Waals surface area contributed by atoms with Gasteiger partial charge in [0.2, 0.25) is 0 Å². The van der Waals surface area contributed by atoms with Crippen LogP contribution in [0.1, 0.15) is 19.8 Å². The Balaban J connectivity index is 2.02. The molecular weight excluding hydrogens is 340 g/mol. The summed E-state index contributed by atoms with van der Waals surface area (Å²) < 4.78 is 6.73. The van der Waals surface area contributed by atoms with Crippen LogP contribution in [0.15, 0.2) is 53.3 Å². The molecule has 0 atom stereocenters. The third-order valence-corrected chi connectivity index (χ3v) is 3.91. The van der Waals surface area contributed by atoms with Gasteiger partial charge < -0.3 is 4.74 Å². The van der Waals surface area contributed by atoms with Gasteiger partial charge in [0, 0.05) is 17.1 Å². The Bertz CT molecular complexity index is 789. The number of hydrogen-bond donors (Lipinski definition) is 0. The molecule has 1 aromatic carbocycles. The van der Waals surface area contributed by atoms with E-state index in [9.17, 15) is 0 Å². The number of rotatable bonds is 5. The minimum Gasteiger partial charge on any atom is -0.493 e. The molecule has 3 aromatic rings. The first-order valence-corrected chi connectivity index (χ1v) is 8.21. The summed E-state index contributed by atoms with van der Waals surface area (Å²) in [7, 11) is 0. The fourth-order valence-electron chi connectivity index (χ4n) is 2.30. The van der Waals surface area contributed by atoms with E-state index in [1.165, 1.54) is 0 Å². The zero-order chi connectivity index (χ0) is 15.4. The van der Waals surface area contributed by atoms with Crippen LogP contribution < -0.4 is 4.74 Å². The molecule has 0 bridgehead atoms. The third-order valence-electron chi connectivity index (χ3n) is 3.47. The van der Waals surface area contributed by atoms with E-state index in [2.05, 4.69) is 38.9 Å². The number of hydrogen-bond acceptors (Lipinski definition) is 3. The molecule has 0 saturated carbocycles. The van der Waals surface area contributed by atoms with Crippen LogP contribution >= 0.6 is 15.9 Å². The number of fused-ring (bicyclic) bond motifs is 1. The van der Waals surface area contributed by atoms with Gasteiger partial charge in [0.05, 0.1) is 17.8 Å². The summed E-state index contributed by atoms with van der Waals surface area (Å²) >= 11 is 3.42. The molecule has 0 amide bonds. The first-order valence-electron chi connectivity index (χ1n) is 7.42. The molecule has 2 heterocycles. The first-order chi connectivity index (χ1) is 10.8. The smallest absolute Gasteiger partial charge is 0.130 e. The molecule has 0 aliphatic rings. The average Bonchev–Trinajstić information content (AvgIpc) is 2.55. The highest BCUT2D eigenvalue weighted by atomic mass is 79.9. The van der Waals surface area contributed by atoms with Crippen LogP contribution in [0.4, 0.5) is 0 Å². The van der Waals surface area contributed by atoms with Crippen molar-refractivity contribution in [3.8, 4) is 17.0 Å². The fourth-order valence-corrected chi connectivity index (χ4v) is 2.65. The van der Waals surface area contributed by atoms with E-state index in [1.807, 2.05) is 36.4 Å². The van der Waals surface area contributed by atoms with Crippen molar-refractivity contribution in [1.82, 2.24) is 9.97 Å². The number of aromatic nitrogens is 2. The van der Waals surface area contributed by atoms with Crippen LogP contribution in [0.5, 0.6) is 5.75 Å². The predicted molar refractivity (Wildman–Crippen MR) is 93.1 cm³/mol. The summed E-state index contributed by atoms with van der Waals surface area (Å²) in [6, 6.07) is 14.0. The molecule has 3 rings (SSSR count). The van der Waals surface area contributed by atoms with Gasteiger partial charge in [-0.15, -0.1) is 0 Å². The van der Waals surface area contributed by atoms with Gasteiger partial charge in [-0.05, 0) is 52.7 Å². The van der Waals surface area contributed by atoms with Crippen molar-refractivity contribution < 1.29 is 4.74 Å². The minimum atomic E-state index is 0.731. The maximum absolute atomic E-state index is 5.90. The Morgan fingerprint density at radius 1 is 1.14 bits per heavy atom. The molecule has 112 valence electrons. The third kappa shape index (κ3) is 3.28. The van der Waals surface area contributed by atoms with Crippen LogP contribution in [0.25, 0.3) is 22.2 Å². The van der Waals surface area contributed by atoms with Gasteiger partial charge in [-0.2, -0.15) is 0 Å². The quantitative estimate of drug-likeness (QED) is 0.463. The van der Waals surface area contributed by atoms with Crippen LogP contribution in [-0.4, -0.2) is 16.6 Å². The zero-order valence-corrected chi connectivity index (χ0v) is 14.0. The Kier molecular flexibility index (Phi) is 4.68. The topological polar surface area (TPSA) is 35.0 Å². The van der Waals surface area contributed by atoms with E-state index in [-0.39, 0.29) is 0 Å². The number of pyridine rings is 2. The summed E-state index contributed by atoms with van der Waals surface area (Å²) in [4.78, 5) is 8.92. The summed E-state index contributed by atoms with van der Waals surface area (Å²) in [5, 5.41) is 1.03. The normalized spacial score (nSPS) is 10.8. The molecule has 0 N–H and O–H groups in total. The lowest BCUT2D eigenvalue weighted by Crippen LogP contribution is -1.97. The molecule has 0 aliphatic carbocycles. The molecule has 0 radical (unpaired) electrons. The largest absolute Gasteiger partial charge is 0.493 e. The van der Waals surface area contributed by atoms with Crippen molar-refractivity contribution >= 4 is 26.8 Å². The van der Waals surface area contributed by atoms with E-state index in [4.69, 9.17) is 4.74 Å². The van der Waals surface area contributed by atoms with Crippen molar-refractivity contribution in [3.63, 3.8) is 0 Å². The van der Waals surface area contributed by atoms with Crippen molar-refractivity contribution in [2.24, 2.45) is 0 Å². The lowest BCUT2D eigenvalue weighted by atomic mass is 10.1. The van der Waals surface area contributed by atoms with Crippen molar-refractivity contribution in [2.75, 3.05) is 6.61 Å². The Morgan fingerprint density at radius 3 is 2.86 bits per heavy atom. The van der Waals surface area contributed by atoms with E-state index in [1.54, 1.807) is 6.20 Å². The molecule has 0 saturated heterocycles. The SMILES string of the molecule is CCCCOc1ccnc2ccc(-c3cccc(Br)n3)cc12.